The van der Waals surface area contributed by atoms with Crippen LogP contribution in [0.4, 0.5) is 0 Å². The van der Waals surface area contributed by atoms with E-state index in [0.29, 0.717) is 5.31 Å². The average molecular weight is 134 g/mol. The minimum atomic E-state index is 0.473. The Bertz CT molecular complexity index is 144. The molecule has 54 valence electrons. The maximum absolute atomic E-state index is 2.38. The highest BCUT2D eigenvalue weighted by molar-refractivity contribution is 6.88. The molecule has 2 heteroatoms. The van der Waals surface area contributed by atoms with Gasteiger partial charge in [-0.1, -0.05) is 39.1 Å². The largest absolute Gasteiger partial charge is 0.163 e. The van der Waals surface area contributed by atoms with E-state index in [-0.39, 0.29) is 0 Å². The van der Waals surface area contributed by atoms with Crippen molar-refractivity contribution in [2.24, 2.45) is 0 Å². The summed E-state index contributed by atoms with van der Waals surface area (Å²) < 4.78 is 0. The molecule has 0 aliphatic carbocycles. The minimum Gasteiger partial charge on any atom is -0.128 e. The zero-order chi connectivity index (χ0) is 7.78. The molecule has 0 aromatic heterocycles. The van der Waals surface area contributed by atoms with Crippen LogP contribution in [0.5, 0.6) is 0 Å². The fourth-order valence-electron chi connectivity index (χ4n) is 1.52. The molecule has 1 aliphatic rings. The summed E-state index contributed by atoms with van der Waals surface area (Å²) in [5, 5.41) is 0.473. The van der Waals surface area contributed by atoms with E-state index < -0.39 is 0 Å². The summed E-state index contributed by atoms with van der Waals surface area (Å²) in [4.78, 5) is 0. The van der Waals surface area contributed by atoms with Crippen molar-refractivity contribution >= 4 is 13.4 Å². The fourth-order valence-corrected chi connectivity index (χ4v) is 1.52. The van der Waals surface area contributed by atoms with Crippen LogP contribution < -0.4 is 0 Å². The van der Waals surface area contributed by atoms with E-state index in [1.165, 1.54) is 6.22 Å². The second-order valence-corrected chi connectivity index (χ2v) is 4.57. The third kappa shape index (κ3) is 1.68. The molecule has 0 fully saturated rings. The molecular formula is C8H16B2. The number of rotatable bonds is 0. The Hall–Kier alpha value is -0.130. The van der Waals surface area contributed by atoms with Gasteiger partial charge in [-0.05, 0) is 0 Å². The van der Waals surface area contributed by atoms with E-state index in [1.807, 2.05) is 0 Å². The highest BCUT2D eigenvalue weighted by Crippen LogP contribution is 2.33. The van der Waals surface area contributed by atoms with E-state index in [4.69, 9.17) is 0 Å². The summed E-state index contributed by atoms with van der Waals surface area (Å²) in [6.45, 7) is 10.9. The summed E-state index contributed by atoms with van der Waals surface area (Å²) in [7, 11) is 0. The van der Waals surface area contributed by atoms with Crippen molar-refractivity contribution in [3.05, 3.63) is 12.0 Å². The molecule has 1 aliphatic heterocycles. The molecular weight excluding hydrogens is 118 g/mol. The van der Waals surface area contributed by atoms with E-state index in [9.17, 15) is 0 Å². The maximum Gasteiger partial charge on any atom is 0.163 e. The van der Waals surface area contributed by atoms with Crippen molar-refractivity contribution in [3.8, 4) is 0 Å². The molecule has 0 saturated heterocycles. The van der Waals surface area contributed by atoms with Crippen molar-refractivity contribution in [1.82, 2.24) is 0 Å². The zero-order valence-electron chi connectivity index (χ0n) is 7.52. The molecule has 0 radical (unpaired) electrons. The Balaban J connectivity index is 2.55. The lowest BCUT2D eigenvalue weighted by molar-refractivity contribution is 0.744. The van der Waals surface area contributed by atoms with Crippen LogP contribution in [0.2, 0.25) is 18.4 Å². The second-order valence-electron chi connectivity index (χ2n) is 4.57. The van der Waals surface area contributed by atoms with Gasteiger partial charge in [0, 0.05) is 0 Å². The molecule has 0 N–H and O–H groups in total. The molecule has 0 amide bonds. The summed E-state index contributed by atoms with van der Waals surface area (Å²) in [6, 6.07) is 0. The predicted octanol–water partition coefficient (Wildman–Crippen LogP) is 2.59. The van der Waals surface area contributed by atoms with Gasteiger partial charge in [-0.3, -0.25) is 0 Å². The molecule has 10 heavy (non-hydrogen) atoms. The van der Waals surface area contributed by atoms with Crippen LogP contribution in [0.15, 0.2) is 12.0 Å². The fraction of sp³-hybridized carbons (Fsp3) is 0.750. The highest BCUT2D eigenvalue weighted by atomic mass is 14.0. The summed E-state index contributed by atoms with van der Waals surface area (Å²) >= 11 is 0. The van der Waals surface area contributed by atoms with Gasteiger partial charge in [-0.15, -0.1) is 12.0 Å². The first kappa shape index (κ1) is 7.97. The first-order chi connectivity index (χ1) is 4.50. The van der Waals surface area contributed by atoms with Crippen LogP contribution in [0.3, 0.4) is 0 Å². The van der Waals surface area contributed by atoms with Crippen molar-refractivity contribution in [1.29, 1.82) is 0 Å². The van der Waals surface area contributed by atoms with Crippen molar-refractivity contribution in [2.45, 2.75) is 39.1 Å². The topological polar surface area (TPSA) is 0 Å². The predicted molar refractivity (Wildman–Crippen MR) is 51.0 cm³/mol. The highest BCUT2D eigenvalue weighted by Gasteiger charge is 2.31. The number of hydrogen-bond donors (Lipinski definition) is 0. The normalized spacial score (nSPS) is 18.8. The molecule has 0 bridgehead atoms. The van der Waals surface area contributed by atoms with Gasteiger partial charge in [0.15, 0.2) is 13.4 Å². The van der Waals surface area contributed by atoms with Gasteiger partial charge in [-0.25, -0.2) is 0 Å². The Morgan fingerprint density at radius 1 is 1.20 bits per heavy atom. The summed E-state index contributed by atoms with van der Waals surface area (Å²) in [6.07, 6.45) is 1.35. The van der Waals surface area contributed by atoms with Gasteiger partial charge >= 0.3 is 0 Å². The van der Waals surface area contributed by atoms with Gasteiger partial charge in [0.25, 0.3) is 0 Å². The van der Waals surface area contributed by atoms with Gasteiger partial charge in [0.1, 0.15) is 0 Å². The standard InChI is InChI=1S/C8H16B2/c1-8(2,3)10-6-5-9(4)7-10/h5-6H,7H2,1-4H3. The smallest absolute Gasteiger partial charge is 0.128 e. The first-order valence-corrected chi connectivity index (χ1v) is 4.18. The monoisotopic (exact) mass is 134 g/mol. The Morgan fingerprint density at radius 3 is 2.00 bits per heavy atom. The molecule has 0 unspecified atom stereocenters. The van der Waals surface area contributed by atoms with E-state index in [1.54, 1.807) is 0 Å². The lowest BCUT2D eigenvalue weighted by Crippen LogP contribution is -2.23. The lowest BCUT2D eigenvalue weighted by atomic mass is 9.28. The molecule has 1 rings (SSSR count). The van der Waals surface area contributed by atoms with Crippen molar-refractivity contribution in [2.75, 3.05) is 0 Å². The molecule has 1 heterocycles. The Morgan fingerprint density at radius 2 is 1.80 bits per heavy atom. The van der Waals surface area contributed by atoms with Gasteiger partial charge in [0.05, 0.1) is 0 Å². The molecule has 0 aromatic carbocycles. The van der Waals surface area contributed by atoms with E-state index in [2.05, 4.69) is 39.5 Å². The van der Waals surface area contributed by atoms with Crippen LogP contribution in [0, 0.1) is 0 Å². The SMILES string of the molecule is CB1C=CB(C(C)(C)C)C1. The van der Waals surface area contributed by atoms with Crippen molar-refractivity contribution < 1.29 is 0 Å². The minimum absolute atomic E-state index is 0.473. The van der Waals surface area contributed by atoms with Crippen LogP contribution in [0.1, 0.15) is 20.8 Å². The molecule has 0 nitrogen and oxygen atoms in total. The third-order valence-corrected chi connectivity index (χ3v) is 2.41. The quantitative estimate of drug-likeness (QED) is 0.446. The molecule has 0 aromatic rings. The molecule has 0 saturated carbocycles. The van der Waals surface area contributed by atoms with Crippen LogP contribution >= 0.6 is 0 Å². The van der Waals surface area contributed by atoms with Crippen LogP contribution in [-0.4, -0.2) is 13.4 Å². The average Bonchev–Trinajstić information content (AvgIpc) is 2.11. The zero-order valence-corrected chi connectivity index (χ0v) is 7.52. The summed E-state index contributed by atoms with van der Waals surface area (Å²) in [5.74, 6) is 4.72. The van der Waals surface area contributed by atoms with Gasteiger partial charge in [-0.2, -0.15) is 0 Å². The van der Waals surface area contributed by atoms with Gasteiger partial charge < -0.3 is 0 Å². The second kappa shape index (κ2) is 2.48. The third-order valence-electron chi connectivity index (χ3n) is 2.41. The Kier molecular flexibility index (Phi) is 1.98. The van der Waals surface area contributed by atoms with E-state index >= 15 is 0 Å². The lowest BCUT2D eigenvalue weighted by Gasteiger charge is -2.22. The van der Waals surface area contributed by atoms with Gasteiger partial charge in [0.2, 0.25) is 0 Å². The molecule has 0 spiro atoms. The van der Waals surface area contributed by atoms with Crippen molar-refractivity contribution in [3.63, 3.8) is 0 Å². The van der Waals surface area contributed by atoms with Crippen LogP contribution in [0.25, 0.3) is 0 Å². The maximum atomic E-state index is 2.38. The van der Waals surface area contributed by atoms with E-state index in [0.717, 1.165) is 13.4 Å². The molecule has 0 atom stereocenters. The first-order valence-electron chi connectivity index (χ1n) is 4.18. The van der Waals surface area contributed by atoms with Crippen LogP contribution in [-0.2, 0) is 0 Å². The summed E-state index contributed by atoms with van der Waals surface area (Å²) in [5.41, 5.74) is 0. The Labute approximate surface area is 65.2 Å². The number of hydrogen-bond acceptors (Lipinski definition) is 0.